The van der Waals surface area contributed by atoms with Crippen molar-refractivity contribution in [2.45, 2.75) is 39.4 Å². The third-order valence-corrected chi connectivity index (χ3v) is 5.65. The van der Waals surface area contributed by atoms with Crippen molar-refractivity contribution in [2.24, 2.45) is 7.05 Å². The van der Waals surface area contributed by atoms with E-state index in [0.29, 0.717) is 11.2 Å². The first-order chi connectivity index (χ1) is 13.9. The minimum absolute atomic E-state index is 0.0839. The Morgan fingerprint density at radius 1 is 1.24 bits per heavy atom. The third kappa shape index (κ3) is 3.49. The van der Waals surface area contributed by atoms with Gasteiger partial charge in [-0.25, -0.2) is 4.98 Å². The second-order valence-corrected chi connectivity index (χ2v) is 7.81. The van der Waals surface area contributed by atoms with Gasteiger partial charge >= 0.3 is 0 Å². The van der Waals surface area contributed by atoms with Crippen molar-refractivity contribution in [3.05, 3.63) is 51.8 Å². The topological polar surface area (TPSA) is 91.2 Å². The van der Waals surface area contributed by atoms with Crippen LogP contribution in [-0.4, -0.2) is 44.8 Å². The Hall–Kier alpha value is -3.18. The fourth-order valence-electron chi connectivity index (χ4n) is 4.05. The van der Waals surface area contributed by atoms with Crippen LogP contribution in [0.1, 0.15) is 31.0 Å². The van der Waals surface area contributed by atoms with Gasteiger partial charge in [0.1, 0.15) is 23.0 Å². The van der Waals surface area contributed by atoms with Gasteiger partial charge in [-0.3, -0.25) is 9.69 Å². The molecule has 0 aliphatic carbocycles. The van der Waals surface area contributed by atoms with Crippen molar-refractivity contribution in [1.82, 2.24) is 19.6 Å². The first-order valence-corrected chi connectivity index (χ1v) is 9.71. The summed E-state index contributed by atoms with van der Waals surface area (Å²) >= 11 is 0. The van der Waals surface area contributed by atoms with Crippen LogP contribution >= 0.6 is 0 Å². The summed E-state index contributed by atoms with van der Waals surface area (Å²) in [7, 11) is 1.73. The van der Waals surface area contributed by atoms with Gasteiger partial charge in [0.25, 0.3) is 5.56 Å². The van der Waals surface area contributed by atoms with E-state index in [1.165, 1.54) is 0 Å². The molecule has 2 atom stereocenters. The molecule has 4 heterocycles. The van der Waals surface area contributed by atoms with E-state index in [0.717, 1.165) is 42.3 Å². The molecular formula is C21H24N6O2. The van der Waals surface area contributed by atoms with Crippen molar-refractivity contribution in [2.75, 3.05) is 18.0 Å². The average Bonchev–Trinajstić information content (AvgIpc) is 3.11. The quantitative estimate of drug-likeness (QED) is 0.675. The predicted octanol–water partition coefficient (Wildman–Crippen LogP) is 2.20. The van der Waals surface area contributed by atoms with E-state index in [1.54, 1.807) is 29.8 Å². The number of aromatic nitrogens is 3. The van der Waals surface area contributed by atoms with Crippen LogP contribution in [0.2, 0.25) is 0 Å². The molecule has 0 spiro atoms. The van der Waals surface area contributed by atoms with E-state index in [2.05, 4.69) is 39.9 Å². The summed E-state index contributed by atoms with van der Waals surface area (Å²) < 4.78 is 6.77. The molecular weight excluding hydrogens is 368 g/mol. The molecule has 29 heavy (non-hydrogen) atoms. The summed E-state index contributed by atoms with van der Waals surface area (Å²) in [4.78, 5) is 21.7. The van der Waals surface area contributed by atoms with Gasteiger partial charge in [0.2, 0.25) is 0 Å². The van der Waals surface area contributed by atoms with Gasteiger partial charge in [-0.15, -0.1) is 0 Å². The summed E-state index contributed by atoms with van der Waals surface area (Å²) in [5.41, 5.74) is 3.39. The molecule has 3 aromatic rings. The van der Waals surface area contributed by atoms with Crippen molar-refractivity contribution >= 4 is 16.7 Å². The average molecular weight is 392 g/mol. The highest BCUT2D eigenvalue weighted by atomic mass is 16.5. The Balaban J connectivity index is 1.69. The molecule has 1 saturated heterocycles. The highest BCUT2D eigenvalue weighted by Crippen LogP contribution is 2.29. The van der Waals surface area contributed by atoms with Gasteiger partial charge in [-0.05, 0) is 32.9 Å². The predicted molar refractivity (Wildman–Crippen MR) is 110 cm³/mol. The smallest absolute Gasteiger partial charge is 0.252 e. The van der Waals surface area contributed by atoms with Crippen molar-refractivity contribution in [3.63, 3.8) is 0 Å². The molecule has 1 aliphatic rings. The molecule has 1 unspecified atom stereocenters. The van der Waals surface area contributed by atoms with Crippen LogP contribution in [0.5, 0.6) is 0 Å². The zero-order valence-electron chi connectivity index (χ0n) is 17.1. The summed E-state index contributed by atoms with van der Waals surface area (Å²) in [5, 5.41) is 13.4. The van der Waals surface area contributed by atoms with E-state index < -0.39 is 0 Å². The van der Waals surface area contributed by atoms with Gasteiger partial charge in [0.05, 0.1) is 16.9 Å². The number of aryl methyl sites for hydroxylation is 2. The van der Waals surface area contributed by atoms with E-state index in [4.69, 9.17) is 4.52 Å². The molecule has 0 radical (unpaired) electrons. The monoisotopic (exact) mass is 392 g/mol. The maximum atomic E-state index is 12.6. The Labute approximate surface area is 169 Å². The lowest BCUT2D eigenvalue weighted by Gasteiger charge is -2.45. The highest BCUT2D eigenvalue weighted by molar-refractivity contribution is 5.89. The summed E-state index contributed by atoms with van der Waals surface area (Å²) in [6, 6.07) is 9.56. The van der Waals surface area contributed by atoms with Crippen LogP contribution in [0, 0.1) is 18.3 Å². The van der Waals surface area contributed by atoms with Gasteiger partial charge < -0.3 is 14.0 Å². The number of rotatable bonds is 3. The maximum absolute atomic E-state index is 12.6. The summed E-state index contributed by atoms with van der Waals surface area (Å²) in [6.45, 7) is 8.50. The number of anilines is 1. The number of hydrogen-bond acceptors (Lipinski definition) is 7. The van der Waals surface area contributed by atoms with E-state index in [1.807, 2.05) is 13.0 Å². The van der Waals surface area contributed by atoms with Crippen LogP contribution in [0.25, 0.3) is 11.0 Å². The normalized spacial score (nSPS) is 20.2. The van der Waals surface area contributed by atoms with E-state index in [9.17, 15) is 10.1 Å². The number of nitriles is 1. The lowest BCUT2D eigenvalue weighted by Crippen LogP contribution is -2.56. The van der Waals surface area contributed by atoms with Crippen molar-refractivity contribution < 1.29 is 4.52 Å². The largest absolute Gasteiger partial charge is 0.364 e. The molecule has 0 amide bonds. The van der Waals surface area contributed by atoms with Crippen LogP contribution in [0.15, 0.2) is 33.6 Å². The number of nitrogens with zero attached hydrogens (tertiary/aromatic N) is 6. The molecule has 150 valence electrons. The maximum Gasteiger partial charge on any atom is 0.252 e. The van der Waals surface area contributed by atoms with Crippen LogP contribution in [-0.2, 0) is 13.6 Å². The second-order valence-electron chi connectivity index (χ2n) is 7.81. The Bertz CT molecular complexity index is 1160. The van der Waals surface area contributed by atoms with Gasteiger partial charge in [-0.2, -0.15) is 5.26 Å². The SMILES string of the molecule is Cc1cc(CN2C[C@H](C)N(c3cc(=O)n(C)c4ccc(C#N)nc34)CC2C)no1. The third-order valence-electron chi connectivity index (χ3n) is 5.65. The molecule has 0 saturated carbocycles. The molecule has 0 bridgehead atoms. The van der Waals surface area contributed by atoms with Crippen LogP contribution in [0.3, 0.4) is 0 Å². The Morgan fingerprint density at radius 3 is 2.72 bits per heavy atom. The number of hydrogen-bond donors (Lipinski definition) is 0. The van der Waals surface area contributed by atoms with Crippen LogP contribution < -0.4 is 10.5 Å². The lowest BCUT2D eigenvalue weighted by atomic mass is 10.1. The number of fused-ring (bicyclic) bond motifs is 1. The van der Waals surface area contributed by atoms with E-state index >= 15 is 0 Å². The summed E-state index contributed by atoms with van der Waals surface area (Å²) in [5.74, 6) is 0.810. The second kappa shape index (κ2) is 7.33. The van der Waals surface area contributed by atoms with Gasteiger partial charge in [0.15, 0.2) is 0 Å². The molecule has 8 nitrogen and oxygen atoms in total. The van der Waals surface area contributed by atoms with Crippen molar-refractivity contribution in [3.8, 4) is 6.07 Å². The van der Waals surface area contributed by atoms with Crippen LogP contribution in [0.4, 0.5) is 5.69 Å². The molecule has 0 aromatic carbocycles. The fraction of sp³-hybridized carbons (Fsp3) is 0.429. The highest BCUT2D eigenvalue weighted by Gasteiger charge is 2.31. The molecule has 0 N–H and O–H groups in total. The Morgan fingerprint density at radius 2 is 2.03 bits per heavy atom. The minimum atomic E-state index is -0.0839. The molecule has 1 aliphatic heterocycles. The molecule has 1 fully saturated rings. The zero-order chi connectivity index (χ0) is 20.7. The zero-order valence-corrected chi connectivity index (χ0v) is 17.1. The fourth-order valence-corrected chi connectivity index (χ4v) is 4.05. The Kier molecular flexibility index (Phi) is 4.84. The number of pyridine rings is 2. The van der Waals surface area contributed by atoms with Gasteiger partial charge in [0, 0.05) is 50.9 Å². The lowest BCUT2D eigenvalue weighted by molar-refractivity contribution is 0.154. The number of piperazine rings is 1. The standard InChI is InChI=1S/C21H24N6O2/c1-13-11-27(14(2)10-26(13)12-17-7-15(3)29-24-17)19-8-20(28)25(4)18-6-5-16(9-22)23-21(18)19/h5-8,13-14H,10-12H2,1-4H3/t13?,14-/m0/s1. The van der Waals surface area contributed by atoms with E-state index in [-0.39, 0.29) is 17.6 Å². The first kappa shape index (κ1) is 19.2. The summed E-state index contributed by atoms with van der Waals surface area (Å²) in [6.07, 6.45) is 0. The van der Waals surface area contributed by atoms with Gasteiger partial charge in [-0.1, -0.05) is 5.16 Å². The first-order valence-electron chi connectivity index (χ1n) is 9.71. The molecule has 8 heteroatoms. The molecule has 4 rings (SSSR count). The molecule has 3 aromatic heterocycles. The minimum Gasteiger partial charge on any atom is -0.364 e. The van der Waals surface area contributed by atoms with Crippen molar-refractivity contribution in [1.29, 1.82) is 5.26 Å².